The molecule has 0 spiro atoms. The zero-order valence-electron chi connectivity index (χ0n) is 26.7. The maximum Gasteiger partial charge on any atom is 0.0998 e. The van der Waals surface area contributed by atoms with Gasteiger partial charge >= 0.3 is 0 Å². The maximum absolute atomic E-state index is 10.3. The fourth-order valence-electron chi connectivity index (χ4n) is 7.42. The van der Waals surface area contributed by atoms with Gasteiger partial charge in [0.2, 0.25) is 0 Å². The molecule has 0 fully saturated rings. The van der Waals surface area contributed by atoms with E-state index in [2.05, 4.69) is 106 Å². The molecular formula is C45H25N5. The number of rotatable bonds is 4. The topological polar surface area (TPSA) is 81.2 Å². The van der Waals surface area contributed by atoms with Crippen LogP contribution >= 0.6 is 0 Å². The highest BCUT2D eigenvalue weighted by Gasteiger charge is 2.18. The third-order valence-corrected chi connectivity index (χ3v) is 9.59. The molecule has 0 aliphatic carbocycles. The zero-order chi connectivity index (χ0) is 33.8. The molecule has 50 heavy (non-hydrogen) atoms. The van der Waals surface area contributed by atoms with E-state index in [0.717, 1.165) is 66.5 Å². The fraction of sp³-hybridized carbons (Fsp3) is 0. The van der Waals surface area contributed by atoms with Crippen molar-refractivity contribution in [2.45, 2.75) is 0 Å². The van der Waals surface area contributed by atoms with E-state index in [4.69, 9.17) is 0 Å². The summed E-state index contributed by atoms with van der Waals surface area (Å²) in [5, 5.41) is 34.6. The van der Waals surface area contributed by atoms with E-state index in [1.807, 2.05) is 72.8 Å². The second-order valence-electron chi connectivity index (χ2n) is 12.3. The van der Waals surface area contributed by atoms with Gasteiger partial charge in [0.15, 0.2) is 0 Å². The highest BCUT2D eigenvalue weighted by molar-refractivity contribution is 6.11. The molecule has 0 amide bonds. The van der Waals surface area contributed by atoms with Crippen LogP contribution in [0.4, 0.5) is 0 Å². The van der Waals surface area contributed by atoms with Crippen molar-refractivity contribution in [2.24, 2.45) is 0 Å². The van der Waals surface area contributed by atoms with E-state index in [-0.39, 0.29) is 0 Å². The molecule has 2 heterocycles. The highest BCUT2D eigenvalue weighted by atomic mass is 15.0. The molecule has 9 rings (SSSR count). The third kappa shape index (κ3) is 4.38. The van der Waals surface area contributed by atoms with E-state index in [1.165, 1.54) is 10.8 Å². The summed E-state index contributed by atoms with van der Waals surface area (Å²) in [4.78, 5) is 0. The van der Waals surface area contributed by atoms with E-state index < -0.39 is 0 Å². The van der Waals surface area contributed by atoms with Crippen LogP contribution in [-0.4, -0.2) is 9.13 Å². The quantitative estimate of drug-likeness (QED) is 0.193. The molecule has 0 saturated heterocycles. The van der Waals surface area contributed by atoms with Crippen molar-refractivity contribution in [3.05, 3.63) is 168 Å². The van der Waals surface area contributed by atoms with Gasteiger partial charge in [0.1, 0.15) is 0 Å². The summed E-state index contributed by atoms with van der Waals surface area (Å²) in [6.45, 7) is 0. The van der Waals surface area contributed by atoms with Gasteiger partial charge in [-0.2, -0.15) is 15.8 Å². The summed E-state index contributed by atoms with van der Waals surface area (Å²) < 4.78 is 4.44. The number of fused-ring (bicyclic) bond motifs is 6. The number of hydrogen-bond donors (Lipinski definition) is 0. The number of benzene rings is 7. The van der Waals surface area contributed by atoms with E-state index >= 15 is 0 Å². The zero-order valence-corrected chi connectivity index (χ0v) is 26.7. The van der Waals surface area contributed by atoms with Crippen LogP contribution in [-0.2, 0) is 0 Å². The summed E-state index contributed by atoms with van der Waals surface area (Å²) in [5.41, 5.74) is 11.1. The molecule has 0 N–H and O–H groups in total. The van der Waals surface area contributed by atoms with Crippen molar-refractivity contribution in [3.63, 3.8) is 0 Å². The van der Waals surface area contributed by atoms with Gasteiger partial charge in [-0.15, -0.1) is 0 Å². The number of nitriles is 3. The standard InChI is InChI=1S/C45H25N5/c46-26-29-17-20-45-40(23-29)38-12-4-6-14-42(38)49(45)34-22-30(27-47)21-33(24-34)39-25-31(18-19-32(39)28-48)35-9-1-5-13-41(35)50-43-15-7-2-10-36(43)37-11-3-8-16-44(37)50/h1-25H. The maximum atomic E-state index is 10.3. The first-order chi connectivity index (χ1) is 24.7. The normalized spacial score (nSPS) is 11.1. The number of para-hydroxylation sites is 4. The average molecular weight is 636 g/mol. The summed E-state index contributed by atoms with van der Waals surface area (Å²) in [6, 6.07) is 57.8. The second kappa shape index (κ2) is 11.4. The molecule has 7 aromatic carbocycles. The Bertz CT molecular complexity index is 2920. The monoisotopic (exact) mass is 635 g/mol. The van der Waals surface area contributed by atoms with Gasteiger partial charge in [-0.25, -0.2) is 0 Å². The van der Waals surface area contributed by atoms with Crippen LogP contribution in [0, 0.1) is 34.0 Å². The van der Waals surface area contributed by atoms with Crippen LogP contribution < -0.4 is 0 Å². The molecule has 0 radical (unpaired) electrons. The van der Waals surface area contributed by atoms with E-state index in [1.54, 1.807) is 0 Å². The largest absolute Gasteiger partial charge is 0.309 e. The van der Waals surface area contributed by atoms with Crippen molar-refractivity contribution in [1.29, 1.82) is 15.8 Å². The van der Waals surface area contributed by atoms with Crippen molar-refractivity contribution in [1.82, 2.24) is 9.13 Å². The first-order valence-electron chi connectivity index (χ1n) is 16.3. The lowest BCUT2D eigenvalue weighted by molar-refractivity contribution is 1.18. The minimum atomic E-state index is 0.483. The van der Waals surface area contributed by atoms with E-state index in [0.29, 0.717) is 16.7 Å². The van der Waals surface area contributed by atoms with Gasteiger partial charge < -0.3 is 9.13 Å². The molecule has 0 aliphatic heterocycles. The van der Waals surface area contributed by atoms with Gasteiger partial charge in [-0.1, -0.05) is 78.9 Å². The lowest BCUT2D eigenvalue weighted by atomic mass is 9.93. The summed E-state index contributed by atoms with van der Waals surface area (Å²) in [6.07, 6.45) is 0. The molecular weight excluding hydrogens is 611 g/mol. The van der Waals surface area contributed by atoms with Crippen molar-refractivity contribution < 1.29 is 0 Å². The molecule has 0 atom stereocenters. The average Bonchev–Trinajstić information content (AvgIpc) is 3.70. The lowest BCUT2D eigenvalue weighted by Crippen LogP contribution is -1.98. The van der Waals surface area contributed by atoms with Crippen LogP contribution in [0.25, 0.3) is 77.2 Å². The Labute approximate surface area is 287 Å². The van der Waals surface area contributed by atoms with Crippen molar-refractivity contribution in [2.75, 3.05) is 0 Å². The molecule has 5 nitrogen and oxygen atoms in total. The first-order valence-corrected chi connectivity index (χ1v) is 16.3. The first kappa shape index (κ1) is 28.8. The molecule has 2 aromatic heterocycles. The van der Waals surface area contributed by atoms with Gasteiger partial charge in [0.25, 0.3) is 0 Å². The highest BCUT2D eigenvalue weighted by Crippen LogP contribution is 2.39. The van der Waals surface area contributed by atoms with Crippen LogP contribution in [0.1, 0.15) is 16.7 Å². The molecule has 0 unspecified atom stereocenters. The predicted molar refractivity (Wildman–Crippen MR) is 200 cm³/mol. The smallest absolute Gasteiger partial charge is 0.0998 e. The lowest BCUT2D eigenvalue weighted by Gasteiger charge is -2.16. The van der Waals surface area contributed by atoms with Crippen LogP contribution in [0.15, 0.2) is 152 Å². The van der Waals surface area contributed by atoms with Gasteiger partial charge in [0.05, 0.1) is 62.7 Å². The molecule has 9 aromatic rings. The third-order valence-electron chi connectivity index (χ3n) is 9.59. The molecule has 0 bridgehead atoms. The summed E-state index contributed by atoms with van der Waals surface area (Å²) in [7, 11) is 0. The van der Waals surface area contributed by atoms with Crippen molar-refractivity contribution in [3.8, 4) is 51.8 Å². The van der Waals surface area contributed by atoms with Crippen LogP contribution in [0.5, 0.6) is 0 Å². The Morgan fingerprint density at radius 2 is 0.980 bits per heavy atom. The Morgan fingerprint density at radius 3 is 1.66 bits per heavy atom. The van der Waals surface area contributed by atoms with Crippen LogP contribution in [0.3, 0.4) is 0 Å². The van der Waals surface area contributed by atoms with Gasteiger partial charge in [-0.3, -0.25) is 0 Å². The Morgan fingerprint density at radius 1 is 0.380 bits per heavy atom. The predicted octanol–water partition coefficient (Wildman–Crippen LogP) is 10.8. The minimum absolute atomic E-state index is 0.483. The number of nitrogens with zero attached hydrogens (tertiary/aromatic N) is 5. The Kier molecular flexibility index (Phi) is 6.56. The minimum Gasteiger partial charge on any atom is -0.309 e. The van der Waals surface area contributed by atoms with Crippen molar-refractivity contribution >= 4 is 43.6 Å². The molecule has 0 aliphatic rings. The Hall–Kier alpha value is -7.39. The second-order valence-corrected chi connectivity index (χ2v) is 12.3. The molecule has 230 valence electrons. The summed E-state index contributed by atoms with van der Waals surface area (Å²) in [5.74, 6) is 0. The van der Waals surface area contributed by atoms with E-state index in [9.17, 15) is 15.8 Å². The molecule has 0 saturated carbocycles. The van der Waals surface area contributed by atoms with Gasteiger partial charge in [0, 0.05) is 38.4 Å². The Balaban J connectivity index is 1.27. The van der Waals surface area contributed by atoms with Crippen LogP contribution in [0.2, 0.25) is 0 Å². The fourth-order valence-corrected chi connectivity index (χ4v) is 7.42. The molecule has 5 heteroatoms. The SMILES string of the molecule is N#Cc1cc(-c2cc(-c3ccccc3-n3c4ccccc4c4ccccc43)ccc2C#N)cc(-n2c3ccccc3c3cc(C#N)ccc32)c1. The summed E-state index contributed by atoms with van der Waals surface area (Å²) >= 11 is 0. The number of hydrogen-bond acceptors (Lipinski definition) is 3. The van der Waals surface area contributed by atoms with Gasteiger partial charge in [-0.05, 0) is 83.9 Å². The number of aromatic nitrogens is 2.